The SMILES string of the molecule is C=CCl.[O-2].[O-2].[Ti+4]. The van der Waals surface area contributed by atoms with Crippen molar-refractivity contribution in [3.63, 3.8) is 0 Å². The molecule has 0 atom stereocenters. The second-order valence-electron chi connectivity index (χ2n) is 0.154. The van der Waals surface area contributed by atoms with Crippen molar-refractivity contribution in [2.24, 2.45) is 0 Å². The molecule has 34 valence electrons. The zero-order valence-corrected chi connectivity index (χ0v) is 5.30. The summed E-state index contributed by atoms with van der Waals surface area (Å²) >= 11 is 4.76. The van der Waals surface area contributed by atoms with Gasteiger partial charge < -0.3 is 11.0 Å². The van der Waals surface area contributed by atoms with Gasteiger partial charge in [0.05, 0.1) is 0 Å². The van der Waals surface area contributed by atoms with Crippen molar-refractivity contribution in [2.45, 2.75) is 0 Å². The van der Waals surface area contributed by atoms with Crippen molar-refractivity contribution in [3.8, 4) is 0 Å². The third-order valence-corrected chi connectivity index (χ3v) is 0. The van der Waals surface area contributed by atoms with Crippen LogP contribution < -0.4 is 0 Å². The van der Waals surface area contributed by atoms with Gasteiger partial charge in [0.1, 0.15) is 0 Å². The van der Waals surface area contributed by atoms with Crippen molar-refractivity contribution < 1.29 is 32.7 Å². The van der Waals surface area contributed by atoms with Gasteiger partial charge in [-0.2, -0.15) is 0 Å². The number of hydrogen-bond donors (Lipinski definition) is 0. The van der Waals surface area contributed by atoms with Crippen molar-refractivity contribution in [1.82, 2.24) is 0 Å². The molecule has 0 unspecified atom stereocenters. The molecule has 0 saturated carbocycles. The van der Waals surface area contributed by atoms with E-state index >= 15 is 0 Å². The number of rotatable bonds is 0. The van der Waals surface area contributed by atoms with Crippen molar-refractivity contribution >= 4 is 11.6 Å². The zero-order chi connectivity index (χ0) is 2.71. The second kappa shape index (κ2) is 44.5. The molecular weight excluding hydrogens is 139 g/mol. The largest absolute Gasteiger partial charge is 4.00 e. The molecule has 0 amide bonds. The Bertz CT molecular complexity index is 19.0. The first-order valence-corrected chi connectivity index (χ1v) is 1.06. The van der Waals surface area contributed by atoms with Crippen LogP contribution in [0.25, 0.3) is 0 Å². The standard InChI is InChI=1S/C2H3Cl.2O.Ti/c1-2-3;;;/h2H,1H2;;;/q;2*-2;+4. The Labute approximate surface area is 56.7 Å². The van der Waals surface area contributed by atoms with Crippen LogP contribution in [-0.2, 0) is 32.7 Å². The maximum Gasteiger partial charge on any atom is 4.00 e. The van der Waals surface area contributed by atoms with E-state index in [0.717, 1.165) is 0 Å². The van der Waals surface area contributed by atoms with E-state index in [9.17, 15) is 0 Å². The zero-order valence-electron chi connectivity index (χ0n) is 2.98. The molecule has 0 rings (SSSR count). The summed E-state index contributed by atoms with van der Waals surface area (Å²) in [4.78, 5) is 0. The summed E-state index contributed by atoms with van der Waals surface area (Å²) in [6.45, 7) is 3.13. The van der Waals surface area contributed by atoms with Crippen LogP contribution in [-0.4, -0.2) is 0 Å². The van der Waals surface area contributed by atoms with Crippen LogP contribution in [0.15, 0.2) is 12.1 Å². The van der Waals surface area contributed by atoms with Crippen molar-refractivity contribution in [3.05, 3.63) is 12.1 Å². The summed E-state index contributed by atoms with van der Waals surface area (Å²) in [5.74, 6) is 0. The normalized spacial score (nSPS) is 2.17. The van der Waals surface area contributed by atoms with Crippen molar-refractivity contribution in [1.29, 1.82) is 0 Å². The van der Waals surface area contributed by atoms with Crippen molar-refractivity contribution in [2.75, 3.05) is 0 Å². The Morgan fingerprint density at radius 2 is 1.33 bits per heavy atom. The summed E-state index contributed by atoms with van der Waals surface area (Å²) in [5, 5.41) is 0. The van der Waals surface area contributed by atoms with Crippen LogP contribution >= 0.6 is 11.6 Å². The summed E-state index contributed by atoms with van der Waals surface area (Å²) < 4.78 is 0. The van der Waals surface area contributed by atoms with Gasteiger partial charge in [0, 0.05) is 0 Å². The van der Waals surface area contributed by atoms with Crippen LogP contribution in [0.2, 0.25) is 0 Å². The molecule has 0 bridgehead atoms. The van der Waals surface area contributed by atoms with Crippen LogP contribution in [0.1, 0.15) is 0 Å². The molecule has 0 heterocycles. The van der Waals surface area contributed by atoms with E-state index in [1.165, 1.54) is 5.54 Å². The maximum absolute atomic E-state index is 4.76. The summed E-state index contributed by atoms with van der Waals surface area (Å²) in [6, 6.07) is 0. The van der Waals surface area contributed by atoms with Crippen LogP contribution in [0, 0.1) is 0 Å². The topological polar surface area (TPSA) is 57.0 Å². The second-order valence-corrected chi connectivity index (χ2v) is 0.463. The molecule has 0 radical (unpaired) electrons. The first-order chi connectivity index (χ1) is 1.41. The fraction of sp³-hybridized carbons (Fsp3) is 0. The fourth-order valence-corrected chi connectivity index (χ4v) is 0. The Morgan fingerprint density at radius 3 is 1.33 bits per heavy atom. The van der Waals surface area contributed by atoms with Gasteiger partial charge in [-0.15, -0.1) is 0 Å². The molecule has 0 aliphatic rings. The van der Waals surface area contributed by atoms with Gasteiger partial charge >= 0.3 is 21.7 Å². The molecule has 6 heavy (non-hydrogen) atoms. The van der Waals surface area contributed by atoms with E-state index in [1.54, 1.807) is 0 Å². The average Bonchev–Trinajstić information content (AvgIpc) is 0.918. The van der Waals surface area contributed by atoms with Crippen LogP contribution in [0.4, 0.5) is 0 Å². The average molecular weight is 142 g/mol. The van der Waals surface area contributed by atoms with Gasteiger partial charge in [0.25, 0.3) is 0 Å². The molecule has 0 aliphatic heterocycles. The molecule has 0 aliphatic carbocycles. The van der Waals surface area contributed by atoms with Gasteiger partial charge in [0.15, 0.2) is 0 Å². The molecule has 0 N–H and O–H groups in total. The minimum Gasteiger partial charge on any atom is -2.00 e. The molecular formula is C2H3ClO2Ti. The molecule has 0 spiro atoms. The quantitative estimate of drug-likeness (QED) is 0.455. The van der Waals surface area contributed by atoms with E-state index in [-0.39, 0.29) is 32.7 Å². The first-order valence-electron chi connectivity index (χ1n) is 0.626. The molecule has 0 aromatic carbocycles. The predicted octanol–water partition coefficient (Wildman–Crippen LogP) is 1.13. The molecule has 0 aromatic rings. The van der Waals surface area contributed by atoms with Gasteiger partial charge in [-0.25, -0.2) is 0 Å². The van der Waals surface area contributed by atoms with Crippen LogP contribution in [0.3, 0.4) is 0 Å². The van der Waals surface area contributed by atoms with E-state index in [1.807, 2.05) is 0 Å². The van der Waals surface area contributed by atoms with Gasteiger partial charge in [0.2, 0.25) is 0 Å². The third kappa shape index (κ3) is 142. The molecule has 0 saturated heterocycles. The van der Waals surface area contributed by atoms with E-state index in [2.05, 4.69) is 6.58 Å². The Hall–Kier alpha value is 0.664. The molecule has 4 heteroatoms. The molecule has 0 fully saturated rings. The Kier molecular flexibility index (Phi) is 223. The minimum absolute atomic E-state index is 0. The number of hydrogen-bond acceptors (Lipinski definition) is 0. The summed E-state index contributed by atoms with van der Waals surface area (Å²) in [6.07, 6.45) is 0. The monoisotopic (exact) mass is 142 g/mol. The molecule has 0 aromatic heterocycles. The number of halogens is 1. The first kappa shape index (κ1) is 30.1. The Balaban J connectivity index is -0.00000000667. The molecule has 2 nitrogen and oxygen atoms in total. The predicted molar refractivity (Wildman–Crippen MR) is 17.4 cm³/mol. The van der Waals surface area contributed by atoms with Gasteiger partial charge in [-0.05, 0) is 5.54 Å². The third-order valence-electron chi connectivity index (χ3n) is 0. The van der Waals surface area contributed by atoms with E-state index < -0.39 is 0 Å². The van der Waals surface area contributed by atoms with Crippen LogP contribution in [0.5, 0.6) is 0 Å². The minimum atomic E-state index is 0. The fourth-order valence-electron chi connectivity index (χ4n) is 0. The van der Waals surface area contributed by atoms with E-state index in [4.69, 9.17) is 11.6 Å². The maximum atomic E-state index is 4.76. The van der Waals surface area contributed by atoms with E-state index in [0.29, 0.717) is 0 Å². The van der Waals surface area contributed by atoms with Gasteiger partial charge in [-0.1, -0.05) is 18.2 Å². The summed E-state index contributed by atoms with van der Waals surface area (Å²) in [7, 11) is 0. The smallest absolute Gasteiger partial charge is 2.00 e. The van der Waals surface area contributed by atoms with Gasteiger partial charge in [-0.3, -0.25) is 0 Å². The Morgan fingerprint density at radius 1 is 1.33 bits per heavy atom. The summed E-state index contributed by atoms with van der Waals surface area (Å²) in [5.41, 5.74) is 1.22.